The second kappa shape index (κ2) is 12.0. The largest absolute Gasteiger partial charge is 0.507 e. The van der Waals surface area contributed by atoms with E-state index in [4.69, 9.17) is 14.4 Å². The van der Waals surface area contributed by atoms with Gasteiger partial charge < -0.3 is 9.52 Å². The van der Waals surface area contributed by atoms with Gasteiger partial charge in [0.1, 0.15) is 11.3 Å². The Balaban J connectivity index is 1.48. The fourth-order valence-electron chi connectivity index (χ4n) is 5.48. The van der Waals surface area contributed by atoms with Crippen LogP contribution in [0.15, 0.2) is 100 Å². The molecule has 43 heavy (non-hydrogen) atoms. The Kier molecular flexibility index (Phi) is 8.10. The molecule has 1 heterocycles. The molecular weight excluding hydrogens is 643 g/mol. The number of halogens is 1. The molecule has 5 aromatic carbocycles. The Bertz CT molecular complexity index is 1980. The van der Waals surface area contributed by atoms with Crippen LogP contribution in [0.3, 0.4) is 0 Å². The van der Waals surface area contributed by atoms with Gasteiger partial charge in [0.2, 0.25) is 5.89 Å². The quantitative estimate of drug-likeness (QED) is 0.135. The van der Waals surface area contributed by atoms with Gasteiger partial charge in [-0.2, -0.15) is 0 Å². The zero-order chi connectivity index (χ0) is 30.1. The van der Waals surface area contributed by atoms with Crippen LogP contribution in [0.5, 0.6) is 5.75 Å². The van der Waals surface area contributed by atoms with Gasteiger partial charge in [-0.05, 0) is 105 Å². The van der Waals surface area contributed by atoms with Crippen molar-refractivity contribution < 1.29 is 9.52 Å². The van der Waals surface area contributed by atoms with Gasteiger partial charge in [0.25, 0.3) is 0 Å². The van der Waals surface area contributed by atoms with E-state index in [2.05, 4.69) is 111 Å². The number of phenols is 1. The molecule has 0 aliphatic rings. The number of hydrogen-bond acceptors (Lipinski definition) is 4. The summed E-state index contributed by atoms with van der Waals surface area (Å²) in [5.41, 5.74) is 8.06. The van der Waals surface area contributed by atoms with Gasteiger partial charge in [-0.1, -0.05) is 88.7 Å². The Morgan fingerprint density at radius 1 is 0.884 bits per heavy atom. The molecule has 0 radical (unpaired) electrons. The minimum absolute atomic E-state index is 0.0755. The normalized spacial score (nSPS) is 12.1. The molecule has 0 aliphatic heterocycles. The molecule has 0 amide bonds. The van der Waals surface area contributed by atoms with E-state index < -0.39 is 0 Å². The van der Waals surface area contributed by atoms with Crippen LogP contribution in [-0.2, 0) is 11.8 Å². The standard InChI is InChI=1S/C38H35IN2O2/c1-5-6-12-25-19-28(39)20-26(36(25)42)23-40-33-18-10-9-16-31(33)37-41-35-32(21-27(38(2,3)4)22-34(35)43-37)30-17-11-14-24-13-7-8-15-29(24)30/h7-11,13-23,42H,5-6,12H2,1-4H3. The number of aromatic nitrogens is 1. The predicted molar refractivity (Wildman–Crippen MR) is 188 cm³/mol. The van der Waals surface area contributed by atoms with Crippen LogP contribution in [0.1, 0.15) is 57.2 Å². The van der Waals surface area contributed by atoms with Crippen molar-refractivity contribution in [3.05, 3.63) is 111 Å². The van der Waals surface area contributed by atoms with Crippen LogP contribution in [0.25, 0.3) is 44.5 Å². The summed E-state index contributed by atoms with van der Waals surface area (Å²) >= 11 is 2.30. The van der Waals surface area contributed by atoms with Gasteiger partial charge in [0.05, 0.1) is 11.3 Å². The highest BCUT2D eigenvalue weighted by Crippen LogP contribution is 2.40. The number of fused-ring (bicyclic) bond motifs is 2. The first-order chi connectivity index (χ1) is 20.7. The van der Waals surface area contributed by atoms with E-state index in [0.29, 0.717) is 17.2 Å². The van der Waals surface area contributed by atoms with Gasteiger partial charge >= 0.3 is 0 Å². The Labute approximate surface area is 266 Å². The highest BCUT2D eigenvalue weighted by molar-refractivity contribution is 14.1. The van der Waals surface area contributed by atoms with E-state index >= 15 is 0 Å². The van der Waals surface area contributed by atoms with E-state index in [1.165, 1.54) is 16.3 Å². The minimum atomic E-state index is -0.0755. The van der Waals surface area contributed by atoms with Crippen molar-refractivity contribution in [2.75, 3.05) is 0 Å². The van der Waals surface area contributed by atoms with Crippen molar-refractivity contribution in [3.63, 3.8) is 0 Å². The van der Waals surface area contributed by atoms with Gasteiger partial charge in [-0.25, -0.2) is 4.98 Å². The molecule has 0 atom stereocenters. The first-order valence-corrected chi connectivity index (χ1v) is 15.9. The lowest BCUT2D eigenvalue weighted by Crippen LogP contribution is -2.11. The fourth-order valence-corrected chi connectivity index (χ4v) is 6.20. The van der Waals surface area contributed by atoms with Crippen LogP contribution in [0.4, 0.5) is 5.69 Å². The molecule has 0 saturated carbocycles. The average molecular weight is 679 g/mol. The molecule has 0 unspecified atom stereocenters. The summed E-state index contributed by atoms with van der Waals surface area (Å²) in [5.74, 6) is 0.817. The number of benzene rings is 5. The number of para-hydroxylation sites is 1. The number of aryl methyl sites for hydroxylation is 1. The summed E-state index contributed by atoms with van der Waals surface area (Å²) < 4.78 is 7.60. The molecule has 0 saturated heterocycles. The zero-order valence-corrected chi connectivity index (χ0v) is 27.1. The monoisotopic (exact) mass is 678 g/mol. The summed E-state index contributed by atoms with van der Waals surface area (Å²) in [6.07, 6.45) is 4.69. The average Bonchev–Trinajstić information content (AvgIpc) is 3.44. The summed E-state index contributed by atoms with van der Waals surface area (Å²) in [6.45, 7) is 8.81. The van der Waals surface area contributed by atoms with E-state index in [1.807, 2.05) is 30.3 Å². The van der Waals surface area contributed by atoms with E-state index in [0.717, 1.165) is 61.9 Å². The lowest BCUT2D eigenvalue weighted by Gasteiger charge is -2.20. The SMILES string of the molecule is CCCCc1cc(I)cc(C=Nc2ccccc2-c2nc3c(-c4cccc5ccccc45)cc(C(C)(C)C)cc3o2)c1O. The van der Waals surface area contributed by atoms with Gasteiger partial charge in [-0.3, -0.25) is 4.99 Å². The first kappa shape index (κ1) is 29.1. The van der Waals surface area contributed by atoms with Gasteiger partial charge in [-0.15, -0.1) is 0 Å². The number of nitrogens with zero attached hydrogens (tertiary/aromatic N) is 2. The first-order valence-electron chi connectivity index (χ1n) is 14.8. The number of aliphatic imine (C=N–C) groups is 1. The smallest absolute Gasteiger partial charge is 0.229 e. The molecule has 0 spiro atoms. The topological polar surface area (TPSA) is 58.6 Å². The number of oxazole rings is 1. The summed E-state index contributed by atoms with van der Waals surface area (Å²) in [5, 5.41) is 13.4. The van der Waals surface area contributed by atoms with Gasteiger partial charge in [0, 0.05) is 20.9 Å². The molecule has 4 nitrogen and oxygen atoms in total. The molecule has 1 aromatic heterocycles. The summed E-state index contributed by atoms with van der Waals surface area (Å²) in [7, 11) is 0. The van der Waals surface area contributed by atoms with Crippen LogP contribution < -0.4 is 0 Å². The Morgan fingerprint density at radius 2 is 1.63 bits per heavy atom. The van der Waals surface area contributed by atoms with Crippen molar-refractivity contribution in [2.45, 2.75) is 52.4 Å². The summed E-state index contributed by atoms with van der Waals surface area (Å²) in [6, 6.07) is 31.1. The van der Waals surface area contributed by atoms with Crippen molar-refractivity contribution in [2.24, 2.45) is 4.99 Å². The molecule has 216 valence electrons. The van der Waals surface area contributed by atoms with E-state index in [9.17, 15) is 5.11 Å². The van der Waals surface area contributed by atoms with Crippen LogP contribution in [-0.4, -0.2) is 16.3 Å². The van der Waals surface area contributed by atoms with E-state index in [1.54, 1.807) is 6.21 Å². The molecule has 1 N–H and O–H groups in total. The third-order valence-corrected chi connectivity index (χ3v) is 8.52. The Morgan fingerprint density at radius 3 is 2.44 bits per heavy atom. The van der Waals surface area contributed by atoms with Crippen LogP contribution >= 0.6 is 22.6 Å². The zero-order valence-electron chi connectivity index (χ0n) is 25.0. The molecule has 5 heteroatoms. The highest BCUT2D eigenvalue weighted by Gasteiger charge is 2.22. The third kappa shape index (κ3) is 5.96. The van der Waals surface area contributed by atoms with E-state index in [-0.39, 0.29) is 5.41 Å². The fraction of sp³-hybridized carbons (Fsp3) is 0.211. The van der Waals surface area contributed by atoms with Gasteiger partial charge in [0.15, 0.2) is 5.58 Å². The van der Waals surface area contributed by atoms with Crippen molar-refractivity contribution >= 4 is 56.4 Å². The molecule has 0 fully saturated rings. The molecule has 6 aromatic rings. The third-order valence-electron chi connectivity index (χ3n) is 7.90. The summed E-state index contributed by atoms with van der Waals surface area (Å²) in [4.78, 5) is 9.93. The lowest BCUT2D eigenvalue weighted by atomic mass is 9.84. The minimum Gasteiger partial charge on any atom is -0.507 e. The molecule has 6 rings (SSSR count). The number of aromatic hydroxyl groups is 1. The van der Waals surface area contributed by atoms with Crippen LogP contribution in [0.2, 0.25) is 0 Å². The number of phenolic OH excluding ortho intramolecular Hbond substituents is 1. The van der Waals surface area contributed by atoms with Crippen LogP contribution in [0, 0.1) is 3.57 Å². The maximum absolute atomic E-state index is 11.0. The van der Waals surface area contributed by atoms with Crippen molar-refractivity contribution in [3.8, 4) is 28.3 Å². The number of rotatable bonds is 7. The maximum atomic E-state index is 11.0. The number of hydrogen-bond donors (Lipinski definition) is 1. The molecule has 0 aliphatic carbocycles. The Hall–Kier alpha value is -3.97. The van der Waals surface area contributed by atoms with Crippen molar-refractivity contribution in [1.29, 1.82) is 0 Å². The second-order valence-electron chi connectivity index (χ2n) is 12.0. The van der Waals surface area contributed by atoms with Crippen molar-refractivity contribution in [1.82, 2.24) is 4.98 Å². The number of unbranched alkanes of at least 4 members (excludes halogenated alkanes) is 1. The molecular formula is C38H35IN2O2. The second-order valence-corrected chi connectivity index (χ2v) is 13.3. The maximum Gasteiger partial charge on any atom is 0.229 e. The molecule has 0 bridgehead atoms. The highest BCUT2D eigenvalue weighted by atomic mass is 127. The predicted octanol–water partition coefficient (Wildman–Crippen LogP) is 11.0. The lowest BCUT2D eigenvalue weighted by molar-refractivity contribution is 0.466.